The van der Waals surface area contributed by atoms with Crippen molar-refractivity contribution < 1.29 is 23.8 Å². The smallest absolute Gasteiger partial charge is 0.319 e. The molecule has 0 unspecified atom stereocenters. The molecule has 0 aliphatic heterocycles. The third kappa shape index (κ3) is 6.12. The molecule has 0 aromatic rings. The molecule has 0 aliphatic carbocycles. The summed E-state index contributed by atoms with van der Waals surface area (Å²) in [6.07, 6.45) is 0.953. The standard InChI is InChI=1S/C13H24O5/c1-5-7-16-8-9-17-10-11(14)13(3,4)12(15)18-6-2/h5-10H2,1-4H3. The zero-order valence-corrected chi connectivity index (χ0v) is 11.8. The number of esters is 1. The van der Waals surface area contributed by atoms with E-state index in [1.54, 1.807) is 20.8 Å². The highest BCUT2D eigenvalue weighted by molar-refractivity contribution is 6.03. The molecule has 5 heteroatoms. The van der Waals surface area contributed by atoms with Gasteiger partial charge in [-0.3, -0.25) is 9.59 Å². The highest BCUT2D eigenvalue weighted by Gasteiger charge is 2.37. The van der Waals surface area contributed by atoms with Crippen molar-refractivity contribution in [3.8, 4) is 0 Å². The van der Waals surface area contributed by atoms with Gasteiger partial charge in [0.1, 0.15) is 12.0 Å². The first kappa shape index (κ1) is 17.1. The van der Waals surface area contributed by atoms with Crippen molar-refractivity contribution in [1.82, 2.24) is 0 Å². The van der Waals surface area contributed by atoms with Crippen LogP contribution in [0.15, 0.2) is 0 Å². The number of carbonyl (C=O) groups excluding carboxylic acids is 2. The molecule has 0 atom stereocenters. The average Bonchev–Trinajstić information content (AvgIpc) is 2.33. The monoisotopic (exact) mass is 260 g/mol. The molecule has 0 rings (SSSR count). The van der Waals surface area contributed by atoms with Gasteiger partial charge in [0.25, 0.3) is 0 Å². The minimum Gasteiger partial charge on any atom is -0.465 e. The fourth-order valence-corrected chi connectivity index (χ4v) is 1.13. The van der Waals surface area contributed by atoms with Crippen LogP contribution in [0.1, 0.15) is 34.1 Å². The maximum atomic E-state index is 11.8. The summed E-state index contributed by atoms with van der Waals surface area (Å²) in [4.78, 5) is 23.4. The second kappa shape index (κ2) is 9.05. The summed E-state index contributed by atoms with van der Waals surface area (Å²) in [5, 5.41) is 0. The Bertz CT molecular complexity index is 260. The zero-order valence-electron chi connectivity index (χ0n) is 11.8. The quantitative estimate of drug-likeness (QED) is 0.339. The zero-order chi connectivity index (χ0) is 14.0. The van der Waals surface area contributed by atoms with Crippen LogP contribution < -0.4 is 0 Å². The first-order valence-corrected chi connectivity index (χ1v) is 6.32. The summed E-state index contributed by atoms with van der Waals surface area (Å²) in [5.41, 5.74) is -1.15. The molecule has 0 aliphatic rings. The first-order chi connectivity index (χ1) is 8.46. The average molecular weight is 260 g/mol. The van der Waals surface area contributed by atoms with Gasteiger partial charge in [0.15, 0.2) is 5.78 Å². The maximum Gasteiger partial charge on any atom is 0.319 e. The van der Waals surface area contributed by atoms with Gasteiger partial charge in [-0.2, -0.15) is 0 Å². The summed E-state index contributed by atoms with van der Waals surface area (Å²) < 4.78 is 15.2. The Hall–Kier alpha value is -0.940. The lowest BCUT2D eigenvalue weighted by molar-refractivity contribution is -0.159. The van der Waals surface area contributed by atoms with E-state index in [0.29, 0.717) is 19.8 Å². The molecule has 106 valence electrons. The van der Waals surface area contributed by atoms with Crippen LogP contribution in [-0.2, 0) is 23.8 Å². The molecule has 0 bridgehead atoms. The van der Waals surface area contributed by atoms with E-state index >= 15 is 0 Å². The van der Waals surface area contributed by atoms with Crippen LogP contribution in [0.4, 0.5) is 0 Å². The molecule has 0 heterocycles. The number of carbonyl (C=O) groups is 2. The number of hydrogen-bond donors (Lipinski definition) is 0. The van der Waals surface area contributed by atoms with Gasteiger partial charge >= 0.3 is 5.97 Å². The van der Waals surface area contributed by atoms with Crippen molar-refractivity contribution >= 4 is 11.8 Å². The molecule has 0 amide bonds. The molecule has 5 nitrogen and oxygen atoms in total. The largest absolute Gasteiger partial charge is 0.465 e. The van der Waals surface area contributed by atoms with Crippen LogP contribution in [0.25, 0.3) is 0 Å². The van der Waals surface area contributed by atoms with Crippen LogP contribution in [0, 0.1) is 5.41 Å². The number of ether oxygens (including phenoxy) is 3. The molecule has 0 fully saturated rings. The summed E-state index contributed by atoms with van der Waals surface area (Å²) in [6.45, 7) is 8.49. The first-order valence-electron chi connectivity index (χ1n) is 6.32. The highest BCUT2D eigenvalue weighted by Crippen LogP contribution is 2.18. The second-order valence-corrected chi connectivity index (χ2v) is 4.43. The Morgan fingerprint density at radius 2 is 1.61 bits per heavy atom. The van der Waals surface area contributed by atoms with Gasteiger partial charge in [0.2, 0.25) is 0 Å². The summed E-state index contributed by atoms with van der Waals surface area (Å²) >= 11 is 0. The van der Waals surface area contributed by atoms with Crippen molar-refractivity contribution in [2.24, 2.45) is 5.41 Å². The number of rotatable bonds is 10. The Morgan fingerprint density at radius 1 is 1.00 bits per heavy atom. The highest BCUT2D eigenvalue weighted by atomic mass is 16.5. The second-order valence-electron chi connectivity index (χ2n) is 4.43. The van der Waals surface area contributed by atoms with E-state index in [-0.39, 0.29) is 19.0 Å². The molecule has 0 aromatic carbocycles. The van der Waals surface area contributed by atoms with Gasteiger partial charge < -0.3 is 14.2 Å². The lowest BCUT2D eigenvalue weighted by atomic mass is 9.88. The van der Waals surface area contributed by atoms with E-state index in [2.05, 4.69) is 0 Å². The number of hydrogen-bond acceptors (Lipinski definition) is 5. The Kier molecular flexibility index (Phi) is 8.58. The molecule has 0 spiro atoms. The number of Topliss-reactive ketones (excluding diaryl/α,β-unsaturated/α-hetero) is 1. The normalized spacial score (nSPS) is 11.3. The molecule has 0 N–H and O–H groups in total. The Labute approximate surface area is 109 Å². The van der Waals surface area contributed by atoms with Crippen molar-refractivity contribution in [3.05, 3.63) is 0 Å². The van der Waals surface area contributed by atoms with E-state index < -0.39 is 11.4 Å². The number of ketones is 1. The topological polar surface area (TPSA) is 61.8 Å². The predicted octanol–water partition coefficient (Wildman–Crippen LogP) is 1.59. The minimum absolute atomic E-state index is 0.0959. The molecule has 18 heavy (non-hydrogen) atoms. The molecular formula is C13H24O5. The van der Waals surface area contributed by atoms with Gasteiger partial charge in [-0.25, -0.2) is 0 Å². The third-order valence-corrected chi connectivity index (χ3v) is 2.44. The fraction of sp³-hybridized carbons (Fsp3) is 0.846. The molecule has 0 saturated carbocycles. The minimum atomic E-state index is -1.15. The van der Waals surface area contributed by atoms with Crippen LogP contribution in [0.2, 0.25) is 0 Å². The van der Waals surface area contributed by atoms with E-state index in [1.165, 1.54) is 0 Å². The van der Waals surface area contributed by atoms with Crippen molar-refractivity contribution in [2.75, 3.05) is 33.0 Å². The van der Waals surface area contributed by atoms with E-state index in [4.69, 9.17) is 14.2 Å². The van der Waals surface area contributed by atoms with Gasteiger partial charge in [-0.1, -0.05) is 6.92 Å². The van der Waals surface area contributed by atoms with Crippen molar-refractivity contribution in [1.29, 1.82) is 0 Å². The van der Waals surface area contributed by atoms with Gasteiger partial charge in [-0.15, -0.1) is 0 Å². The van der Waals surface area contributed by atoms with Crippen LogP contribution >= 0.6 is 0 Å². The molecule has 0 aromatic heterocycles. The third-order valence-electron chi connectivity index (χ3n) is 2.44. The van der Waals surface area contributed by atoms with Crippen molar-refractivity contribution in [3.63, 3.8) is 0 Å². The van der Waals surface area contributed by atoms with Crippen LogP contribution in [0.3, 0.4) is 0 Å². The van der Waals surface area contributed by atoms with Gasteiger partial charge in [0, 0.05) is 6.61 Å². The fourth-order valence-electron chi connectivity index (χ4n) is 1.13. The SMILES string of the molecule is CCCOCCOCC(=O)C(C)(C)C(=O)OCC. The maximum absolute atomic E-state index is 11.8. The molecular weight excluding hydrogens is 236 g/mol. The lowest BCUT2D eigenvalue weighted by Gasteiger charge is -2.20. The summed E-state index contributed by atoms with van der Waals surface area (Å²) in [6, 6.07) is 0. The predicted molar refractivity (Wildman–Crippen MR) is 67.4 cm³/mol. The van der Waals surface area contributed by atoms with Crippen LogP contribution in [0.5, 0.6) is 0 Å². The lowest BCUT2D eigenvalue weighted by Crippen LogP contribution is -2.37. The Balaban J connectivity index is 3.89. The molecule has 0 saturated heterocycles. The van der Waals surface area contributed by atoms with Crippen LogP contribution in [-0.4, -0.2) is 44.8 Å². The van der Waals surface area contributed by atoms with Gasteiger partial charge in [0.05, 0.1) is 19.8 Å². The van der Waals surface area contributed by atoms with Crippen molar-refractivity contribution in [2.45, 2.75) is 34.1 Å². The Morgan fingerprint density at radius 3 is 2.17 bits per heavy atom. The van der Waals surface area contributed by atoms with E-state index in [0.717, 1.165) is 6.42 Å². The van der Waals surface area contributed by atoms with E-state index in [9.17, 15) is 9.59 Å². The summed E-state index contributed by atoms with van der Waals surface area (Å²) in [7, 11) is 0. The van der Waals surface area contributed by atoms with Gasteiger partial charge in [-0.05, 0) is 27.2 Å². The van der Waals surface area contributed by atoms with E-state index in [1.807, 2.05) is 6.92 Å². The summed E-state index contributed by atoms with van der Waals surface area (Å²) in [5.74, 6) is -0.794. The molecule has 0 radical (unpaired) electrons.